The van der Waals surface area contributed by atoms with Crippen LogP contribution in [0, 0.1) is 17.3 Å². The van der Waals surface area contributed by atoms with Crippen LogP contribution in [0.4, 0.5) is 11.4 Å². The summed E-state index contributed by atoms with van der Waals surface area (Å²) in [5.41, 5.74) is 4.01. The first kappa shape index (κ1) is 14.1. The quantitative estimate of drug-likeness (QED) is 0.760. The first-order valence-corrected chi connectivity index (χ1v) is 8.57. The Hall–Kier alpha value is -1.48. The van der Waals surface area contributed by atoms with Crippen molar-refractivity contribution in [2.24, 2.45) is 22.2 Å². The van der Waals surface area contributed by atoms with E-state index >= 15 is 0 Å². The number of hydrogen-bond acceptors (Lipinski definition) is 2. The molecule has 0 spiro atoms. The third-order valence-corrected chi connectivity index (χ3v) is 5.99. The Balaban J connectivity index is 1.52. The van der Waals surface area contributed by atoms with Crippen molar-refractivity contribution in [2.45, 2.75) is 25.2 Å². The van der Waals surface area contributed by atoms with Gasteiger partial charge in [-0.2, -0.15) is 0 Å². The van der Waals surface area contributed by atoms with Crippen molar-refractivity contribution in [1.82, 2.24) is 0 Å². The van der Waals surface area contributed by atoms with Gasteiger partial charge in [-0.1, -0.05) is 32.1 Å². The van der Waals surface area contributed by atoms with Crippen LogP contribution in [-0.4, -0.2) is 18.8 Å². The van der Waals surface area contributed by atoms with Gasteiger partial charge in [-0.3, -0.25) is 0 Å². The number of anilines is 1. The highest BCUT2D eigenvalue weighted by atomic mass is 32.1. The maximum absolute atomic E-state index is 4.74. The average molecular weight is 311 g/mol. The third-order valence-electron chi connectivity index (χ3n) is 5.59. The van der Waals surface area contributed by atoms with Gasteiger partial charge in [-0.25, -0.2) is 4.99 Å². The highest BCUT2D eigenvalue weighted by Crippen LogP contribution is 2.62. The van der Waals surface area contributed by atoms with E-state index in [2.05, 4.69) is 67.8 Å². The minimum atomic E-state index is 0.569. The van der Waals surface area contributed by atoms with Crippen LogP contribution < -0.4 is 4.90 Å². The SMILES string of the molecule is CC1(C)C2CN(c3ccc(N=C4C=CC=CC4)c([SH2+])c3)CC21. The highest BCUT2D eigenvalue weighted by molar-refractivity contribution is 7.59. The van der Waals surface area contributed by atoms with E-state index in [0.29, 0.717) is 5.41 Å². The molecule has 3 aliphatic rings. The summed E-state index contributed by atoms with van der Waals surface area (Å²) in [7, 11) is 0. The zero-order valence-electron chi connectivity index (χ0n) is 13.2. The molecule has 3 heteroatoms. The minimum absolute atomic E-state index is 0.569. The van der Waals surface area contributed by atoms with Gasteiger partial charge in [0.2, 0.25) is 0 Å². The molecule has 22 heavy (non-hydrogen) atoms. The van der Waals surface area contributed by atoms with Crippen molar-refractivity contribution in [3.8, 4) is 0 Å². The van der Waals surface area contributed by atoms with Crippen LogP contribution in [0.5, 0.6) is 0 Å². The predicted octanol–water partition coefficient (Wildman–Crippen LogP) is 3.74. The van der Waals surface area contributed by atoms with E-state index in [9.17, 15) is 0 Å². The van der Waals surface area contributed by atoms with E-state index in [-0.39, 0.29) is 0 Å². The molecule has 0 radical (unpaired) electrons. The van der Waals surface area contributed by atoms with Crippen LogP contribution >= 0.6 is 0 Å². The molecule has 2 fully saturated rings. The van der Waals surface area contributed by atoms with Crippen LogP contribution in [0.15, 0.2) is 52.4 Å². The number of aliphatic imine (C=N–C) groups is 1. The Bertz CT molecular complexity index is 685. The van der Waals surface area contributed by atoms with Gasteiger partial charge in [0, 0.05) is 37.0 Å². The van der Waals surface area contributed by atoms with Gasteiger partial charge in [0.25, 0.3) is 0 Å². The zero-order valence-corrected chi connectivity index (χ0v) is 14.2. The fourth-order valence-electron chi connectivity index (χ4n) is 3.90. The molecule has 2 unspecified atom stereocenters. The molecule has 1 saturated carbocycles. The Morgan fingerprint density at radius 1 is 1.18 bits per heavy atom. The lowest BCUT2D eigenvalue weighted by Gasteiger charge is -2.24. The Labute approximate surface area is 138 Å². The molecule has 1 aromatic carbocycles. The van der Waals surface area contributed by atoms with Gasteiger partial charge < -0.3 is 4.90 Å². The number of benzene rings is 1. The van der Waals surface area contributed by atoms with Crippen molar-refractivity contribution in [3.63, 3.8) is 0 Å². The monoisotopic (exact) mass is 311 g/mol. The van der Waals surface area contributed by atoms with Gasteiger partial charge in [0.05, 0.1) is 0 Å². The van der Waals surface area contributed by atoms with Crippen molar-refractivity contribution in [3.05, 3.63) is 42.5 Å². The van der Waals surface area contributed by atoms with Crippen LogP contribution in [0.2, 0.25) is 0 Å². The molecule has 2 atom stereocenters. The fourth-order valence-corrected chi connectivity index (χ4v) is 4.19. The summed E-state index contributed by atoms with van der Waals surface area (Å²) in [6, 6.07) is 6.56. The maximum Gasteiger partial charge on any atom is 0.178 e. The summed E-state index contributed by atoms with van der Waals surface area (Å²) in [5.74, 6) is 1.76. The van der Waals surface area contributed by atoms with Crippen molar-refractivity contribution in [1.29, 1.82) is 0 Å². The van der Waals surface area contributed by atoms with E-state index < -0.39 is 0 Å². The van der Waals surface area contributed by atoms with Crippen molar-refractivity contribution >= 4 is 29.7 Å². The van der Waals surface area contributed by atoms with E-state index in [1.165, 1.54) is 18.8 Å². The number of piperidine rings is 1. The van der Waals surface area contributed by atoms with Gasteiger partial charge >= 0.3 is 0 Å². The number of rotatable bonds is 2. The molecular weight excluding hydrogens is 288 g/mol. The average Bonchev–Trinajstić information content (AvgIpc) is 2.89. The summed E-state index contributed by atoms with van der Waals surface area (Å²) >= 11 is 3.75. The Morgan fingerprint density at radius 3 is 2.59 bits per heavy atom. The molecular formula is C19H23N2S+. The second kappa shape index (κ2) is 5.02. The predicted molar refractivity (Wildman–Crippen MR) is 97.8 cm³/mol. The molecule has 2 nitrogen and oxygen atoms in total. The molecule has 1 aliphatic heterocycles. The second-order valence-corrected chi connectivity index (χ2v) is 7.77. The van der Waals surface area contributed by atoms with Crippen LogP contribution in [0.25, 0.3) is 0 Å². The lowest BCUT2D eigenvalue weighted by Crippen LogP contribution is -2.26. The minimum Gasteiger partial charge on any atom is -0.371 e. The van der Waals surface area contributed by atoms with Crippen molar-refractivity contribution < 1.29 is 0 Å². The topological polar surface area (TPSA) is 15.6 Å². The first-order valence-electron chi connectivity index (χ1n) is 8.07. The molecule has 4 rings (SSSR count). The third kappa shape index (κ3) is 2.32. The lowest BCUT2D eigenvalue weighted by molar-refractivity contribution is 0.500. The second-order valence-electron chi connectivity index (χ2n) is 7.24. The zero-order chi connectivity index (χ0) is 15.3. The number of hydrogen-bond donors (Lipinski definition) is 0. The summed E-state index contributed by atoms with van der Waals surface area (Å²) in [5, 5.41) is 0. The van der Waals surface area contributed by atoms with Gasteiger partial charge in [0.15, 0.2) is 4.90 Å². The van der Waals surface area contributed by atoms with Crippen LogP contribution in [0.3, 0.4) is 0 Å². The summed E-state index contributed by atoms with van der Waals surface area (Å²) in [6.07, 6.45) is 9.24. The standard InChI is InChI=1S/C19H22N2S/c1-19(2)15-11-21(12-16(15)19)14-8-9-17(18(22)10-14)20-13-6-4-3-5-7-13/h3-6,8-10,15-16,22H,7,11-12H2,1-2H3/p+1. The molecule has 1 saturated heterocycles. The summed E-state index contributed by atoms with van der Waals surface area (Å²) in [4.78, 5) is 8.34. The molecule has 114 valence electrons. The molecule has 0 amide bonds. The Morgan fingerprint density at radius 2 is 1.95 bits per heavy atom. The van der Waals surface area contributed by atoms with E-state index in [1.54, 1.807) is 0 Å². The number of fused-ring (bicyclic) bond motifs is 1. The van der Waals surface area contributed by atoms with Crippen LogP contribution in [-0.2, 0) is 12.6 Å². The van der Waals surface area contributed by atoms with E-state index in [4.69, 9.17) is 4.99 Å². The lowest BCUT2D eigenvalue weighted by atomic mass is 10.1. The molecule has 2 aliphatic carbocycles. The largest absolute Gasteiger partial charge is 0.371 e. The van der Waals surface area contributed by atoms with E-state index in [1.807, 2.05) is 6.08 Å². The van der Waals surface area contributed by atoms with Crippen LogP contribution in [0.1, 0.15) is 20.3 Å². The van der Waals surface area contributed by atoms with Gasteiger partial charge in [0.1, 0.15) is 5.69 Å². The Kier molecular flexibility index (Phi) is 3.23. The highest BCUT2D eigenvalue weighted by Gasteiger charge is 2.61. The molecule has 1 heterocycles. The van der Waals surface area contributed by atoms with E-state index in [0.717, 1.165) is 34.6 Å². The molecule has 0 N–H and O–H groups in total. The molecule has 1 aromatic rings. The number of allylic oxidation sites excluding steroid dienone is 4. The maximum atomic E-state index is 4.74. The van der Waals surface area contributed by atoms with Gasteiger partial charge in [-0.15, -0.1) is 0 Å². The summed E-state index contributed by atoms with van der Waals surface area (Å²) < 4.78 is 0. The number of nitrogens with zero attached hydrogens (tertiary/aromatic N) is 2. The molecule has 0 bridgehead atoms. The fraction of sp³-hybridized carbons (Fsp3) is 0.421. The molecule has 0 aromatic heterocycles. The normalized spacial score (nSPS) is 30.0. The summed E-state index contributed by atoms with van der Waals surface area (Å²) in [6.45, 7) is 7.20. The first-order chi connectivity index (χ1) is 10.6. The van der Waals surface area contributed by atoms with Crippen molar-refractivity contribution in [2.75, 3.05) is 18.0 Å². The smallest absolute Gasteiger partial charge is 0.178 e. The van der Waals surface area contributed by atoms with Gasteiger partial charge in [-0.05, 0) is 48.1 Å².